The van der Waals surface area contributed by atoms with E-state index in [1.807, 2.05) is 19.1 Å². The molecule has 0 fully saturated rings. The quantitative estimate of drug-likeness (QED) is 0.756. The highest BCUT2D eigenvalue weighted by atomic mass is 32.2. The zero-order chi connectivity index (χ0) is 12.3. The molecule has 3 nitrogen and oxygen atoms in total. The SMILES string of the molecule is Cc1cc(C)c(S(=O)(=O)CCC=O)c(C)c1. The minimum Gasteiger partial charge on any atom is -0.303 e. The summed E-state index contributed by atoms with van der Waals surface area (Å²) in [5.41, 5.74) is 2.55. The molecule has 0 atom stereocenters. The van der Waals surface area contributed by atoms with Gasteiger partial charge >= 0.3 is 0 Å². The summed E-state index contributed by atoms with van der Waals surface area (Å²) in [5.74, 6) is -0.110. The number of aldehydes is 1. The predicted molar refractivity (Wildman–Crippen MR) is 63.4 cm³/mol. The predicted octanol–water partition coefficient (Wildman–Crippen LogP) is 1.97. The largest absolute Gasteiger partial charge is 0.303 e. The lowest BCUT2D eigenvalue weighted by Crippen LogP contribution is -2.11. The number of hydrogen-bond donors (Lipinski definition) is 0. The molecule has 0 aliphatic rings. The maximum Gasteiger partial charge on any atom is 0.179 e. The average molecular weight is 240 g/mol. The van der Waals surface area contributed by atoms with Gasteiger partial charge in [-0.05, 0) is 31.9 Å². The molecule has 0 radical (unpaired) electrons. The topological polar surface area (TPSA) is 51.2 Å². The van der Waals surface area contributed by atoms with Crippen LogP contribution in [0.15, 0.2) is 17.0 Å². The van der Waals surface area contributed by atoms with Crippen molar-refractivity contribution in [2.45, 2.75) is 32.1 Å². The third-order valence-corrected chi connectivity index (χ3v) is 4.46. The van der Waals surface area contributed by atoms with E-state index in [-0.39, 0.29) is 12.2 Å². The Hall–Kier alpha value is -1.16. The van der Waals surface area contributed by atoms with Crippen molar-refractivity contribution < 1.29 is 13.2 Å². The second-order valence-electron chi connectivity index (χ2n) is 4.00. The number of carbonyl (C=O) groups excluding carboxylic acids is 1. The smallest absolute Gasteiger partial charge is 0.179 e. The van der Waals surface area contributed by atoms with Crippen molar-refractivity contribution in [1.82, 2.24) is 0 Å². The summed E-state index contributed by atoms with van der Waals surface area (Å²) < 4.78 is 24.0. The summed E-state index contributed by atoms with van der Waals surface area (Å²) in [6.07, 6.45) is 0.686. The molecular formula is C12H16O3S. The van der Waals surface area contributed by atoms with Gasteiger partial charge in [0, 0.05) is 6.42 Å². The Labute approximate surface area is 96.4 Å². The van der Waals surface area contributed by atoms with Crippen molar-refractivity contribution in [3.05, 3.63) is 28.8 Å². The van der Waals surface area contributed by atoms with Gasteiger partial charge in [0.15, 0.2) is 9.84 Å². The van der Waals surface area contributed by atoms with E-state index in [9.17, 15) is 13.2 Å². The van der Waals surface area contributed by atoms with Gasteiger partial charge in [-0.25, -0.2) is 8.42 Å². The minimum absolute atomic E-state index is 0.0507. The van der Waals surface area contributed by atoms with Crippen LogP contribution in [0, 0.1) is 20.8 Å². The molecule has 0 aromatic heterocycles. The third-order valence-electron chi connectivity index (χ3n) is 2.42. The van der Waals surface area contributed by atoms with Crippen LogP contribution in [0.2, 0.25) is 0 Å². The van der Waals surface area contributed by atoms with Crippen molar-refractivity contribution in [2.75, 3.05) is 5.75 Å². The maximum absolute atomic E-state index is 12.0. The Morgan fingerprint density at radius 1 is 1.12 bits per heavy atom. The van der Waals surface area contributed by atoms with E-state index in [2.05, 4.69) is 0 Å². The summed E-state index contributed by atoms with van der Waals surface area (Å²) in [4.78, 5) is 10.6. The summed E-state index contributed by atoms with van der Waals surface area (Å²) in [7, 11) is -3.33. The first kappa shape index (κ1) is 12.9. The highest BCUT2D eigenvalue weighted by Crippen LogP contribution is 2.23. The molecule has 16 heavy (non-hydrogen) atoms. The molecule has 4 heteroatoms. The van der Waals surface area contributed by atoms with Crippen molar-refractivity contribution in [1.29, 1.82) is 0 Å². The molecule has 1 aromatic carbocycles. The van der Waals surface area contributed by atoms with Crippen LogP contribution < -0.4 is 0 Å². The molecule has 88 valence electrons. The molecule has 0 heterocycles. The Morgan fingerprint density at radius 3 is 2.06 bits per heavy atom. The average Bonchev–Trinajstić information content (AvgIpc) is 2.12. The zero-order valence-corrected chi connectivity index (χ0v) is 10.6. The van der Waals surface area contributed by atoms with Crippen LogP contribution >= 0.6 is 0 Å². The number of sulfone groups is 1. The minimum atomic E-state index is -3.33. The van der Waals surface area contributed by atoms with Gasteiger partial charge in [-0.2, -0.15) is 0 Å². The van der Waals surface area contributed by atoms with E-state index in [1.54, 1.807) is 13.8 Å². The standard InChI is InChI=1S/C12H16O3S/c1-9-7-10(2)12(11(3)8-9)16(14,15)6-4-5-13/h5,7-8H,4,6H2,1-3H3. The molecule has 0 aliphatic carbocycles. The van der Waals surface area contributed by atoms with E-state index in [0.717, 1.165) is 16.7 Å². The molecule has 0 N–H and O–H groups in total. The molecule has 0 unspecified atom stereocenters. The summed E-state index contributed by atoms with van der Waals surface area (Å²) in [6, 6.07) is 3.70. The lowest BCUT2D eigenvalue weighted by atomic mass is 10.1. The van der Waals surface area contributed by atoms with E-state index in [0.29, 0.717) is 11.2 Å². The first-order chi connectivity index (χ1) is 7.38. The molecule has 0 spiro atoms. The maximum atomic E-state index is 12.0. The summed E-state index contributed by atoms with van der Waals surface area (Å²) >= 11 is 0. The summed E-state index contributed by atoms with van der Waals surface area (Å²) in [6.45, 7) is 5.50. The second kappa shape index (κ2) is 4.78. The van der Waals surface area contributed by atoms with Crippen molar-refractivity contribution in [3.8, 4) is 0 Å². The van der Waals surface area contributed by atoms with Crippen LogP contribution in [0.4, 0.5) is 0 Å². The van der Waals surface area contributed by atoms with Crippen LogP contribution in [-0.4, -0.2) is 20.5 Å². The van der Waals surface area contributed by atoms with E-state index < -0.39 is 9.84 Å². The number of carbonyl (C=O) groups is 1. The lowest BCUT2D eigenvalue weighted by molar-refractivity contribution is -0.107. The first-order valence-corrected chi connectivity index (χ1v) is 6.78. The fraction of sp³-hybridized carbons (Fsp3) is 0.417. The number of benzene rings is 1. The third kappa shape index (κ3) is 2.70. The van der Waals surface area contributed by atoms with E-state index >= 15 is 0 Å². The van der Waals surface area contributed by atoms with Gasteiger partial charge in [0.2, 0.25) is 0 Å². The van der Waals surface area contributed by atoms with Crippen molar-refractivity contribution in [3.63, 3.8) is 0 Å². The molecule has 0 saturated heterocycles. The lowest BCUT2D eigenvalue weighted by Gasteiger charge is -2.11. The van der Waals surface area contributed by atoms with Gasteiger partial charge in [-0.3, -0.25) is 0 Å². The van der Waals surface area contributed by atoms with Crippen molar-refractivity contribution in [2.24, 2.45) is 0 Å². The van der Waals surface area contributed by atoms with Gasteiger partial charge in [0.1, 0.15) is 6.29 Å². The molecule has 0 saturated carbocycles. The van der Waals surface area contributed by atoms with Gasteiger partial charge < -0.3 is 4.79 Å². The molecular weight excluding hydrogens is 224 g/mol. The fourth-order valence-corrected chi connectivity index (χ4v) is 3.67. The van der Waals surface area contributed by atoms with Crippen molar-refractivity contribution >= 4 is 16.1 Å². The normalized spacial score (nSPS) is 11.4. The summed E-state index contributed by atoms with van der Waals surface area (Å²) in [5, 5.41) is 0. The Bertz CT molecular complexity index is 478. The van der Waals surface area contributed by atoms with E-state index in [1.165, 1.54) is 0 Å². The van der Waals surface area contributed by atoms with Gasteiger partial charge in [-0.1, -0.05) is 17.7 Å². The van der Waals surface area contributed by atoms with E-state index in [4.69, 9.17) is 0 Å². The fourth-order valence-electron chi connectivity index (χ4n) is 1.96. The number of hydrogen-bond acceptors (Lipinski definition) is 3. The van der Waals surface area contributed by atoms with Gasteiger partial charge in [-0.15, -0.1) is 0 Å². The monoisotopic (exact) mass is 240 g/mol. The second-order valence-corrected chi connectivity index (χ2v) is 6.05. The van der Waals surface area contributed by atoms with Crippen LogP contribution in [0.5, 0.6) is 0 Å². The van der Waals surface area contributed by atoms with Gasteiger partial charge in [0.25, 0.3) is 0 Å². The van der Waals surface area contributed by atoms with Crippen LogP contribution in [0.3, 0.4) is 0 Å². The molecule has 0 aliphatic heterocycles. The number of rotatable bonds is 4. The molecule has 0 amide bonds. The molecule has 1 rings (SSSR count). The Balaban J connectivity index is 3.28. The van der Waals surface area contributed by atoms with Gasteiger partial charge in [0.05, 0.1) is 10.6 Å². The highest BCUT2D eigenvalue weighted by Gasteiger charge is 2.19. The Kier molecular flexibility index (Phi) is 3.86. The highest BCUT2D eigenvalue weighted by molar-refractivity contribution is 7.91. The van der Waals surface area contributed by atoms with Crippen LogP contribution in [0.1, 0.15) is 23.1 Å². The zero-order valence-electron chi connectivity index (χ0n) is 9.78. The first-order valence-electron chi connectivity index (χ1n) is 5.12. The van der Waals surface area contributed by atoms with Crippen LogP contribution in [0.25, 0.3) is 0 Å². The number of aryl methyl sites for hydroxylation is 3. The Morgan fingerprint density at radius 2 is 1.62 bits per heavy atom. The molecule has 1 aromatic rings. The molecule has 0 bridgehead atoms. The van der Waals surface area contributed by atoms with Crippen LogP contribution in [-0.2, 0) is 14.6 Å².